The summed E-state index contributed by atoms with van der Waals surface area (Å²) in [6.07, 6.45) is 4.20. The minimum absolute atomic E-state index is 0.104. The number of carboxylic acids is 1. The maximum atomic E-state index is 12.7. The molecule has 3 heterocycles. The van der Waals surface area contributed by atoms with Crippen molar-refractivity contribution >= 4 is 11.9 Å². The number of carboxylic acid groups (broad SMARTS) is 1. The predicted octanol–water partition coefficient (Wildman–Crippen LogP) is 2.90. The molecule has 30 heavy (non-hydrogen) atoms. The molecule has 3 fully saturated rings. The molecule has 7 nitrogen and oxygen atoms in total. The van der Waals surface area contributed by atoms with Crippen LogP contribution in [0.2, 0.25) is 0 Å². The number of nitrogens with zero attached hydrogens (tertiary/aromatic N) is 2. The molecule has 1 amide bonds. The van der Waals surface area contributed by atoms with E-state index in [0.29, 0.717) is 6.61 Å². The van der Waals surface area contributed by atoms with Crippen LogP contribution in [-0.2, 0) is 14.3 Å². The Hall–Kier alpha value is -2.20. The topological polar surface area (TPSA) is 89.0 Å². The van der Waals surface area contributed by atoms with Gasteiger partial charge < -0.3 is 19.5 Å². The second kappa shape index (κ2) is 9.74. The van der Waals surface area contributed by atoms with Crippen LogP contribution in [0.5, 0.6) is 0 Å². The minimum Gasteiger partial charge on any atom is -0.475 e. The van der Waals surface area contributed by atoms with Crippen molar-refractivity contribution < 1.29 is 37.3 Å². The van der Waals surface area contributed by atoms with E-state index >= 15 is 0 Å². The summed E-state index contributed by atoms with van der Waals surface area (Å²) in [5.74, 6) is -1.86. The van der Waals surface area contributed by atoms with Gasteiger partial charge in [-0.25, -0.2) is 4.79 Å². The number of rotatable bonds is 5. The van der Waals surface area contributed by atoms with Crippen LogP contribution in [0.25, 0.3) is 0 Å². The second-order valence-corrected chi connectivity index (χ2v) is 7.75. The number of halogens is 3. The average molecular weight is 430 g/mol. The van der Waals surface area contributed by atoms with Gasteiger partial charge in [0.05, 0.1) is 24.9 Å². The third-order valence-corrected chi connectivity index (χ3v) is 5.42. The lowest BCUT2D eigenvalue weighted by Gasteiger charge is -2.36. The van der Waals surface area contributed by atoms with Crippen molar-refractivity contribution in [2.75, 3.05) is 19.8 Å². The summed E-state index contributed by atoms with van der Waals surface area (Å²) >= 11 is 0. The zero-order valence-corrected chi connectivity index (χ0v) is 16.4. The molecule has 0 radical (unpaired) electrons. The van der Waals surface area contributed by atoms with E-state index in [-0.39, 0.29) is 24.2 Å². The number of ether oxygens (including phenoxy) is 2. The molecule has 166 valence electrons. The van der Waals surface area contributed by atoms with Crippen molar-refractivity contribution in [2.45, 2.75) is 56.5 Å². The molecule has 2 saturated heterocycles. The highest BCUT2D eigenvalue weighted by molar-refractivity contribution is 5.94. The molecular formula is C20H25F3N2O5. The van der Waals surface area contributed by atoms with Crippen LogP contribution in [0.4, 0.5) is 13.2 Å². The monoisotopic (exact) mass is 430 g/mol. The Morgan fingerprint density at radius 3 is 2.40 bits per heavy atom. The molecular weight excluding hydrogens is 405 g/mol. The summed E-state index contributed by atoms with van der Waals surface area (Å²) in [7, 11) is 0. The first-order valence-corrected chi connectivity index (χ1v) is 10.00. The van der Waals surface area contributed by atoms with Crippen LogP contribution in [0.15, 0.2) is 24.5 Å². The Balaban J connectivity index is 0.000000318. The summed E-state index contributed by atoms with van der Waals surface area (Å²) in [4.78, 5) is 27.5. The summed E-state index contributed by atoms with van der Waals surface area (Å²) in [5.41, 5.74) is 0.718. The molecule has 3 atom stereocenters. The molecule has 10 heteroatoms. The van der Waals surface area contributed by atoms with Gasteiger partial charge in [0.15, 0.2) is 0 Å². The van der Waals surface area contributed by atoms with Gasteiger partial charge in [-0.2, -0.15) is 13.2 Å². The number of aliphatic carboxylic acids is 1. The number of aromatic nitrogens is 1. The van der Waals surface area contributed by atoms with E-state index in [1.54, 1.807) is 24.5 Å². The van der Waals surface area contributed by atoms with Gasteiger partial charge in [-0.3, -0.25) is 9.78 Å². The molecule has 0 aromatic carbocycles. The Kier molecular flexibility index (Phi) is 7.30. The molecule has 2 aliphatic heterocycles. The van der Waals surface area contributed by atoms with Crippen molar-refractivity contribution in [2.24, 2.45) is 5.92 Å². The quantitative estimate of drug-likeness (QED) is 0.773. The van der Waals surface area contributed by atoms with Crippen molar-refractivity contribution in [3.8, 4) is 0 Å². The van der Waals surface area contributed by atoms with Crippen LogP contribution >= 0.6 is 0 Å². The minimum atomic E-state index is -5.08. The molecule has 1 aliphatic carbocycles. The second-order valence-electron chi connectivity index (χ2n) is 7.75. The molecule has 3 aliphatic rings. The number of alkyl halides is 3. The summed E-state index contributed by atoms with van der Waals surface area (Å²) in [6.45, 7) is 2.38. The lowest BCUT2D eigenvalue weighted by molar-refractivity contribution is -0.192. The summed E-state index contributed by atoms with van der Waals surface area (Å²) in [5, 5.41) is 7.12. The average Bonchev–Trinajstić information content (AvgIpc) is 3.45. The number of pyridine rings is 1. The van der Waals surface area contributed by atoms with Gasteiger partial charge in [0.2, 0.25) is 0 Å². The van der Waals surface area contributed by atoms with E-state index in [1.165, 1.54) is 12.8 Å². The van der Waals surface area contributed by atoms with Crippen LogP contribution in [0.1, 0.15) is 42.5 Å². The van der Waals surface area contributed by atoms with Gasteiger partial charge in [0, 0.05) is 31.1 Å². The highest BCUT2D eigenvalue weighted by atomic mass is 19.4. The molecule has 1 saturated carbocycles. The van der Waals surface area contributed by atoms with Crippen molar-refractivity contribution in [1.82, 2.24) is 9.88 Å². The summed E-state index contributed by atoms with van der Waals surface area (Å²) in [6, 6.07) is 3.79. The first-order chi connectivity index (χ1) is 14.3. The SMILES string of the molecule is O=C(O)C(F)(F)F.O=C(c1ccncc1)N1CC[C@@H]2O[C@@H](COCC3CC3)CC[C@@H]21. The van der Waals surface area contributed by atoms with E-state index in [9.17, 15) is 18.0 Å². The van der Waals surface area contributed by atoms with Gasteiger partial charge in [0.25, 0.3) is 5.91 Å². The number of fused-ring (bicyclic) bond motifs is 1. The zero-order valence-electron chi connectivity index (χ0n) is 16.4. The molecule has 0 unspecified atom stereocenters. The van der Waals surface area contributed by atoms with Gasteiger partial charge in [-0.15, -0.1) is 0 Å². The molecule has 1 aromatic heterocycles. The predicted molar refractivity (Wildman–Crippen MR) is 98.8 cm³/mol. The van der Waals surface area contributed by atoms with E-state index < -0.39 is 12.1 Å². The standard InChI is InChI=1S/C18H24N2O3.C2HF3O2/c21-18(14-5-8-19-9-6-14)20-10-7-17-16(20)4-3-15(23-17)12-22-11-13-1-2-13;3-2(4,5)1(6)7/h5-6,8-9,13,15-17H,1-4,7,10-12H2;(H,6,7)/t15-,16+,17+;/m1./s1. The zero-order chi connectivity index (χ0) is 21.7. The lowest BCUT2D eigenvalue weighted by atomic mass is 9.99. The maximum Gasteiger partial charge on any atom is 0.490 e. The number of amides is 1. The number of carbonyl (C=O) groups is 2. The number of carbonyl (C=O) groups excluding carboxylic acids is 1. The molecule has 1 N–H and O–H groups in total. The maximum absolute atomic E-state index is 12.7. The van der Waals surface area contributed by atoms with Crippen LogP contribution < -0.4 is 0 Å². The fraction of sp³-hybridized carbons (Fsp3) is 0.650. The Bertz CT molecular complexity index is 727. The highest BCUT2D eigenvalue weighted by Crippen LogP contribution is 2.33. The van der Waals surface area contributed by atoms with Crippen molar-refractivity contribution in [3.05, 3.63) is 30.1 Å². The van der Waals surface area contributed by atoms with Crippen LogP contribution in [0.3, 0.4) is 0 Å². The van der Waals surface area contributed by atoms with Gasteiger partial charge >= 0.3 is 12.1 Å². The third-order valence-electron chi connectivity index (χ3n) is 5.42. The largest absolute Gasteiger partial charge is 0.490 e. The van der Waals surface area contributed by atoms with E-state index in [0.717, 1.165) is 43.9 Å². The fourth-order valence-corrected chi connectivity index (χ4v) is 3.68. The molecule has 0 spiro atoms. The van der Waals surface area contributed by atoms with Crippen LogP contribution in [0, 0.1) is 5.92 Å². The smallest absolute Gasteiger partial charge is 0.475 e. The highest BCUT2D eigenvalue weighted by Gasteiger charge is 2.42. The van der Waals surface area contributed by atoms with Crippen LogP contribution in [-0.4, -0.2) is 71.1 Å². The van der Waals surface area contributed by atoms with E-state index in [4.69, 9.17) is 19.4 Å². The normalized spacial score (nSPS) is 25.8. The third kappa shape index (κ3) is 6.15. The fourth-order valence-electron chi connectivity index (χ4n) is 3.68. The van der Waals surface area contributed by atoms with Gasteiger partial charge in [-0.05, 0) is 50.2 Å². The lowest BCUT2D eigenvalue weighted by Crippen LogP contribution is -2.46. The molecule has 1 aromatic rings. The Morgan fingerprint density at radius 1 is 1.13 bits per heavy atom. The van der Waals surface area contributed by atoms with Gasteiger partial charge in [0.1, 0.15) is 0 Å². The van der Waals surface area contributed by atoms with Gasteiger partial charge in [-0.1, -0.05) is 0 Å². The van der Waals surface area contributed by atoms with E-state index in [1.807, 2.05) is 4.90 Å². The Labute approximate surface area is 172 Å². The summed E-state index contributed by atoms with van der Waals surface area (Å²) < 4.78 is 43.7. The molecule has 0 bridgehead atoms. The Morgan fingerprint density at radius 2 is 1.80 bits per heavy atom. The first kappa shape index (κ1) is 22.5. The number of likely N-dealkylation sites (tertiary alicyclic amines) is 1. The van der Waals surface area contributed by atoms with Crippen molar-refractivity contribution in [1.29, 1.82) is 0 Å². The molecule has 4 rings (SSSR count). The number of hydrogen-bond acceptors (Lipinski definition) is 5. The van der Waals surface area contributed by atoms with E-state index in [2.05, 4.69) is 4.98 Å². The number of hydrogen-bond donors (Lipinski definition) is 1. The first-order valence-electron chi connectivity index (χ1n) is 10.00. The van der Waals surface area contributed by atoms with Crippen molar-refractivity contribution in [3.63, 3.8) is 0 Å².